The predicted octanol–water partition coefficient (Wildman–Crippen LogP) is 3.03. The molecule has 1 amide bonds. The number of aromatic nitrogens is 4. The van der Waals surface area contributed by atoms with Gasteiger partial charge in [0.1, 0.15) is 11.5 Å². The minimum atomic E-state index is -0.269. The van der Waals surface area contributed by atoms with Gasteiger partial charge < -0.3 is 4.90 Å². The lowest BCUT2D eigenvalue weighted by molar-refractivity contribution is 0.0699. The Hall–Kier alpha value is -3.09. The molecule has 0 bridgehead atoms. The van der Waals surface area contributed by atoms with Crippen molar-refractivity contribution in [3.63, 3.8) is 0 Å². The number of nitrogens with zero attached hydrogens (tertiary/aromatic N) is 4. The van der Waals surface area contributed by atoms with Crippen LogP contribution in [0.4, 0.5) is 4.39 Å². The summed E-state index contributed by atoms with van der Waals surface area (Å²) in [6, 6.07) is 8.24. The maximum absolute atomic E-state index is 13.1. The van der Waals surface area contributed by atoms with Gasteiger partial charge in [0.25, 0.3) is 5.91 Å². The van der Waals surface area contributed by atoms with E-state index in [0.717, 1.165) is 29.8 Å². The summed E-state index contributed by atoms with van der Waals surface area (Å²) in [6.07, 6.45) is 6.47. The molecule has 1 aromatic carbocycles. The van der Waals surface area contributed by atoms with Crippen molar-refractivity contribution < 1.29 is 9.18 Å². The zero-order chi connectivity index (χ0) is 17.9. The first kappa shape index (κ1) is 16.4. The van der Waals surface area contributed by atoms with Crippen molar-refractivity contribution in [2.75, 3.05) is 13.1 Å². The largest absolute Gasteiger partial charge is 0.337 e. The number of nitrogens with one attached hydrogen (secondary N) is 1. The molecule has 26 heavy (non-hydrogen) atoms. The number of carbonyl (C=O) groups excluding carboxylic acids is 1. The lowest BCUT2D eigenvalue weighted by Gasteiger charge is -2.31. The number of likely N-dealkylation sites (tertiary alicyclic amines) is 1. The third-order valence-corrected chi connectivity index (χ3v) is 4.67. The van der Waals surface area contributed by atoms with Crippen molar-refractivity contribution in [2.45, 2.75) is 18.8 Å². The van der Waals surface area contributed by atoms with Gasteiger partial charge >= 0.3 is 0 Å². The molecule has 1 aliphatic heterocycles. The van der Waals surface area contributed by atoms with Crippen molar-refractivity contribution in [3.05, 3.63) is 66.1 Å². The molecular formula is C19H18FN5O. The van der Waals surface area contributed by atoms with Crippen LogP contribution in [0.5, 0.6) is 0 Å². The Labute approximate surface area is 150 Å². The monoisotopic (exact) mass is 351 g/mol. The van der Waals surface area contributed by atoms with Crippen LogP contribution in [-0.4, -0.2) is 44.1 Å². The SMILES string of the molecule is O=C(c1cnccn1)N1CCC[C@H](c2cc(-c3ccc(F)cc3)n[nH]2)C1. The first-order valence-electron chi connectivity index (χ1n) is 8.57. The number of aromatic amines is 1. The standard InChI is InChI=1S/C19H18FN5O/c20-15-5-3-13(4-6-15)16-10-17(24-23-16)14-2-1-9-25(12-14)19(26)18-11-21-7-8-22-18/h3-8,10-11,14H,1-2,9,12H2,(H,23,24)/t14-/m0/s1. The number of carbonyl (C=O) groups is 1. The Morgan fingerprint density at radius 3 is 2.85 bits per heavy atom. The van der Waals surface area contributed by atoms with E-state index in [4.69, 9.17) is 0 Å². The van der Waals surface area contributed by atoms with Crippen LogP contribution in [0.3, 0.4) is 0 Å². The number of rotatable bonds is 3. The third kappa shape index (κ3) is 3.33. The van der Waals surface area contributed by atoms with Crippen LogP contribution in [-0.2, 0) is 0 Å². The molecule has 0 radical (unpaired) electrons. The predicted molar refractivity (Wildman–Crippen MR) is 93.9 cm³/mol. The Kier molecular flexibility index (Phi) is 4.43. The number of hydrogen-bond donors (Lipinski definition) is 1. The molecule has 0 spiro atoms. The zero-order valence-electron chi connectivity index (χ0n) is 14.1. The van der Waals surface area contributed by atoms with Gasteiger partial charge in [-0.2, -0.15) is 5.10 Å². The first-order valence-corrected chi connectivity index (χ1v) is 8.57. The first-order chi connectivity index (χ1) is 12.7. The highest BCUT2D eigenvalue weighted by Crippen LogP contribution is 2.29. The van der Waals surface area contributed by atoms with Crippen LogP contribution in [0.15, 0.2) is 48.9 Å². The van der Waals surface area contributed by atoms with Crippen molar-refractivity contribution in [1.29, 1.82) is 0 Å². The maximum Gasteiger partial charge on any atom is 0.274 e. The molecule has 7 heteroatoms. The summed E-state index contributed by atoms with van der Waals surface area (Å²) in [6.45, 7) is 1.32. The second-order valence-electron chi connectivity index (χ2n) is 6.40. The highest BCUT2D eigenvalue weighted by Gasteiger charge is 2.27. The fraction of sp³-hybridized carbons (Fsp3) is 0.263. The van der Waals surface area contributed by atoms with E-state index in [2.05, 4.69) is 20.2 Å². The Morgan fingerprint density at radius 2 is 2.08 bits per heavy atom. The average molecular weight is 351 g/mol. The van der Waals surface area contributed by atoms with Crippen molar-refractivity contribution in [2.24, 2.45) is 0 Å². The number of halogens is 1. The summed E-state index contributed by atoms with van der Waals surface area (Å²) in [5.74, 6) is -0.179. The number of H-pyrrole nitrogens is 1. The molecule has 1 atom stereocenters. The molecule has 1 N–H and O–H groups in total. The van der Waals surface area contributed by atoms with Crippen LogP contribution in [0.25, 0.3) is 11.3 Å². The number of hydrogen-bond acceptors (Lipinski definition) is 4. The Morgan fingerprint density at radius 1 is 1.23 bits per heavy atom. The lowest BCUT2D eigenvalue weighted by atomic mass is 9.94. The van der Waals surface area contributed by atoms with Crippen LogP contribution in [0.1, 0.15) is 34.9 Å². The van der Waals surface area contributed by atoms with E-state index in [1.165, 1.54) is 24.5 Å². The molecule has 3 aromatic rings. The van der Waals surface area contributed by atoms with Crippen LogP contribution in [0, 0.1) is 5.82 Å². The molecule has 132 valence electrons. The van der Waals surface area contributed by atoms with Crippen LogP contribution in [0.2, 0.25) is 0 Å². The van der Waals surface area contributed by atoms with Gasteiger partial charge in [0.05, 0.1) is 11.9 Å². The van der Waals surface area contributed by atoms with Gasteiger partial charge in [-0.1, -0.05) is 0 Å². The van der Waals surface area contributed by atoms with Crippen LogP contribution < -0.4 is 0 Å². The number of piperidine rings is 1. The van der Waals surface area contributed by atoms with Gasteiger partial charge in [-0.05, 0) is 43.2 Å². The van der Waals surface area contributed by atoms with Gasteiger partial charge in [-0.3, -0.25) is 14.9 Å². The van der Waals surface area contributed by atoms with E-state index in [-0.39, 0.29) is 17.6 Å². The van der Waals surface area contributed by atoms with E-state index in [1.54, 1.807) is 18.3 Å². The van der Waals surface area contributed by atoms with Gasteiger partial charge in [0.2, 0.25) is 0 Å². The van der Waals surface area contributed by atoms with Crippen molar-refractivity contribution in [1.82, 2.24) is 25.1 Å². The summed E-state index contributed by atoms with van der Waals surface area (Å²) in [5, 5.41) is 7.42. The molecular weight excluding hydrogens is 333 g/mol. The second-order valence-corrected chi connectivity index (χ2v) is 6.40. The molecule has 0 aliphatic carbocycles. The Balaban J connectivity index is 1.50. The smallest absolute Gasteiger partial charge is 0.274 e. The van der Waals surface area contributed by atoms with Crippen molar-refractivity contribution >= 4 is 5.91 Å². The quantitative estimate of drug-likeness (QED) is 0.787. The van der Waals surface area contributed by atoms with Gasteiger partial charge in [-0.15, -0.1) is 0 Å². The highest BCUT2D eigenvalue weighted by molar-refractivity contribution is 5.92. The normalized spacial score (nSPS) is 17.3. The fourth-order valence-corrected chi connectivity index (χ4v) is 3.30. The highest BCUT2D eigenvalue weighted by atomic mass is 19.1. The number of amides is 1. The van der Waals surface area contributed by atoms with E-state index in [1.807, 2.05) is 11.0 Å². The average Bonchev–Trinajstić information content (AvgIpc) is 3.19. The van der Waals surface area contributed by atoms with E-state index < -0.39 is 0 Å². The van der Waals surface area contributed by atoms with E-state index in [9.17, 15) is 9.18 Å². The zero-order valence-corrected chi connectivity index (χ0v) is 14.1. The molecule has 1 aliphatic rings. The third-order valence-electron chi connectivity index (χ3n) is 4.67. The topological polar surface area (TPSA) is 74.8 Å². The lowest BCUT2D eigenvalue weighted by Crippen LogP contribution is -2.39. The summed E-state index contributed by atoms with van der Waals surface area (Å²) < 4.78 is 13.1. The van der Waals surface area contributed by atoms with E-state index in [0.29, 0.717) is 18.8 Å². The molecule has 0 saturated carbocycles. The molecule has 6 nitrogen and oxygen atoms in total. The summed E-state index contributed by atoms with van der Waals surface area (Å²) in [4.78, 5) is 22.5. The summed E-state index contributed by atoms with van der Waals surface area (Å²) in [7, 11) is 0. The van der Waals surface area contributed by atoms with Crippen molar-refractivity contribution in [3.8, 4) is 11.3 Å². The Bertz CT molecular complexity index is 894. The van der Waals surface area contributed by atoms with Crippen LogP contribution >= 0.6 is 0 Å². The second kappa shape index (κ2) is 7.03. The van der Waals surface area contributed by atoms with Gasteiger partial charge in [0.15, 0.2) is 0 Å². The number of benzene rings is 1. The maximum atomic E-state index is 13.1. The molecule has 1 fully saturated rings. The fourth-order valence-electron chi connectivity index (χ4n) is 3.30. The minimum Gasteiger partial charge on any atom is -0.337 e. The van der Waals surface area contributed by atoms with Gasteiger partial charge in [-0.25, -0.2) is 9.37 Å². The molecule has 2 aromatic heterocycles. The minimum absolute atomic E-state index is 0.0962. The molecule has 0 unspecified atom stereocenters. The molecule has 4 rings (SSSR count). The summed E-state index contributed by atoms with van der Waals surface area (Å²) in [5.41, 5.74) is 2.99. The van der Waals surface area contributed by atoms with Gasteiger partial charge in [0, 0.05) is 42.7 Å². The van der Waals surface area contributed by atoms with E-state index >= 15 is 0 Å². The molecule has 3 heterocycles. The summed E-state index contributed by atoms with van der Waals surface area (Å²) >= 11 is 0. The molecule has 1 saturated heterocycles.